The summed E-state index contributed by atoms with van der Waals surface area (Å²) in [5.74, 6) is 0.480. The topological polar surface area (TPSA) is 38.8 Å². The largest absolute Gasteiger partial charge is 0.493 e. The lowest BCUT2D eigenvalue weighted by Gasteiger charge is -2.29. The van der Waals surface area contributed by atoms with Crippen molar-refractivity contribution in [1.29, 1.82) is 0 Å². The van der Waals surface area contributed by atoms with Gasteiger partial charge in [-0.25, -0.2) is 4.79 Å². The van der Waals surface area contributed by atoms with Crippen molar-refractivity contribution in [3.63, 3.8) is 0 Å². The van der Waals surface area contributed by atoms with E-state index in [0.29, 0.717) is 17.1 Å². The minimum Gasteiger partial charge on any atom is -0.493 e. The number of nitrogens with zero attached hydrogens (tertiary/aromatic N) is 1. The number of likely N-dealkylation sites (tertiary alicyclic amines) is 1. The van der Waals surface area contributed by atoms with E-state index >= 15 is 0 Å². The maximum atomic E-state index is 12.2. The smallest absolute Gasteiger partial charge is 0.343 e. The van der Waals surface area contributed by atoms with E-state index < -0.39 is 5.97 Å². The Bertz CT molecular complexity index is 755. The lowest BCUT2D eigenvalue weighted by molar-refractivity contribution is 0.0729. The number of piperidine rings is 1. The first-order valence-electron chi connectivity index (χ1n) is 8.43. The van der Waals surface area contributed by atoms with Crippen molar-refractivity contribution < 1.29 is 14.3 Å². The molecule has 0 aromatic heterocycles. The molecule has 1 saturated heterocycles. The fourth-order valence-corrected chi connectivity index (χ4v) is 3.21. The molecular weight excluding hydrogens is 334 g/mol. The third-order valence-electron chi connectivity index (χ3n) is 4.27. The Morgan fingerprint density at radius 3 is 2.36 bits per heavy atom. The van der Waals surface area contributed by atoms with Crippen LogP contribution in [0, 0.1) is 0 Å². The van der Waals surface area contributed by atoms with Crippen LogP contribution in [0.1, 0.15) is 35.2 Å². The Morgan fingerprint density at radius 2 is 1.68 bits per heavy atom. The van der Waals surface area contributed by atoms with Gasteiger partial charge in [0.1, 0.15) is 4.99 Å². The maximum Gasteiger partial charge on any atom is 0.343 e. The first kappa shape index (κ1) is 17.4. The predicted molar refractivity (Wildman–Crippen MR) is 102 cm³/mol. The lowest BCUT2D eigenvalue weighted by Crippen LogP contribution is -2.34. The maximum absolute atomic E-state index is 12.2. The van der Waals surface area contributed by atoms with Crippen molar-refractivity contribution in [2.45, 2.75) is 19.3 Å². The van der Waals surface area contributed by atoms with E-state index in [4.69, 9.17) is 21.7 Å². The summed E-state index contributed by atoms with van der Waals surface area (Å²) in [5.41, 5.74) is 1.41. The molecule has 2 aromatic rings. The number of benzene rings is 2. The molecule has 1 aliphatic rings. The highest BCUT2D eigenvalue weighted by atomic mass is 32.1. The zero-order valence-corrected chi connectivity index (χ0v) is 15.1. The first-order valence-corrected chi connectivity index (χ1v) is 8.84. The zero-order valence-electron chi connectivity index (χ0n) is 14.2. The normalized spacial score (nSPS) is 14.0. The van der Waals surface area contributed by atoms with Gasteiger partial charge in [-0.1, -0.05) is 30.4 Å². The second-order valence-corrected chi connectivity index (χ2v) is 6.36. The van der Waals surface area contributed by atoms with E-state index in [1.807, 2.05) is 18.2 Å². The van der Waals surface area contributed by atoms with Gasteiger partial charge in [0.2, 0.25) is 0 Å². The number of rotatable bonds is 4. The molecule has 0 radical (unpaired) electrons. The number of carbonyl (C=O) groups excluding carboxylic acids is 1. The molecule has 2 aromatic carbocycles. The minimum absolute atomic E-state index is 0.390. The highest BCUT2D eigenvalue weighted by Crippen LogP contribution is 2.30. The molecule has 0 saturated carbocycles. The van der Waals surface area contributed by atoms with Crippen LogP contribution >= 0.6 is 12.2 Å². The molecule has 1 heterocycles. The van der Waals surface area contributed by atoms with Gasteiger partial charge in [-0.3, -0.25) is 0 Å². The number of ether oxygens (including phenoxy) is 2. The van der Waals surface area contributed by atoms with Crippen molar-refractivity contribution in [1.82, 2.24) is 4.90 Å². The second kappa shape index (κ2) is 8.12. The van der Waals surface area contributed by atoms with Gasteiger partial charge in [-0.15, -0.1) is 0 Å². The summed E-state index contributed by atoms with van der Waals surface area (Å²) in [5, 5.41) is 0. The Kier molecular flexibility index (Phi) is 5.66. The SMILES string of the molecule is COc1cc(C(=S)N2CCCCC2)ccc1OC(=O)c1ccccc1. The summed E-state index contributed by atoms with van der Waals surface area (Å²) in [4.78, 5) is 15.3. The molecule has 4 nitrogen and oxygen atoms in total. The van der Waals surface area contributed by atoms with Crippen LogP contribution in [0.3, 0.4) is 0 Å². The number of hydrogen-bond donors (Lipinski definition) is 0. The molecule has 3 rings (SSSR count). The van der Waals surface area contributed by atoms with Gasteiger partial charge >= 0.3 is 5.97 Å². The fraction of sp³-hybridized carbons (Fsp3) is 0.300. The van der Waals surface area contributed by atoms with Crippen molar-refractivity contribution in [3.05, 3.63) is 59.7 Å². The summed E-state index contributed by atoms with van der Waals surface area (Å²) in [6.45, 7) is 1.98. The van der Waals surface area contributed by atoms with Gasteiger partial charge in [0, 0.05) is 18.7 Å². The van der Waals surface area contributed by atoms with E-state index in [1.165, 1.54) is 19.3 Å². The van der Waals surface area contributed by atoms with Crippen molar-refractivity contribution in [2.75, 3.05) is 20.2 Å². The standard InChI is InChI=1S/C20H21NO3S/c1-23-18-14-16(19(25)21-12-6-3-7-13-21)10-11-17(18)24-20(22)15-8-4-2-5-9-15/h2,4-5,8-11,14H,3,6-7,12-13H2,1H3. The van der Waals surface area contributed by atoms with E-state index in [2.05, 4.69) is 4.90 Å². The minimum atomic E-state index is -0.412. The summed E-state index contributed by atoms with van der Waals surface area (Å²) in [7, 11) is 1.56. The highest BCUT2D eigenvalue weighted by Gasteiger charge is 2.18. The second-order valence-electron chi connectivity index (χ2n) is 5.97. The quantitative estimate of drug-likeness (QED) is 0.469. The van der Waals surface area contributed by atoms with Gasteiger partial charge in [-0.2, -0.15) is 0 Å². The van der Waals surface area contributed by atoms with Gasteiger partial charge in [0.05, 0.1) is 12.7 Å². The summed E-state index contributed by atoms with van der Waals surface area (Å²) < 4.78 is 10.9. The molecule has 1 fully saturated rings. The monoisotopic (exact) mass is 355 g/mol. The lowest BCUT2D eigenvalue weighted by atomic mass is 10.1. The van der Waals surface area contributed by atoms with Gasteiger partial charge < -0.3 is 14.4 Å². The average molecular weight is 355 g/mol. The van der Waals surface area contributed by atoms with E-state index in [0.717, 1.165) is 23.6 Å². The van der Waals surface area contributed by atoms with E-state index in [1.54, 1.807) is 37.4 Å². The van der Waals surface area contributed by atoms with Gasteiger partial charge in [0.25, 0.3) is 0 Å². The summed E-state index contributed by atoms with van der Waals surface area (Å²) in [6.07, 6.45) is 3.60. The van der Waals surface area contributed by atoms with Crippen molar-refractivity contribution >= 4 is 23.2 Å². The van der Waals surface area contributed by atoms with Crippen LogP contribution in [0.15, 0.2) is 48.5 Å². The molecule has 0 unspecified atom stereocenters. The highest BCUT2D eigenvalue weighted by molar-refractivity contribution is 7.80. The van der Waals surface area contributed by atoms with Crippen LogP contribution in [0.2, 0.25) is 0 Å². The summed E-state index contributed by atoms with van der Waals surface area (Å²) >= 11 is 5.62. The van der Waals surface area contributed by atoms with Crippen LogP contribution < -0.4 is 9.47 Å². The molecule has 130 valence electrons. The number of methoxy groups -OCH3 is 1. The number of hydrogen-bond acceptors (Lipinski definition) is 4. The van der Waals surface area contributed by atoms with Crippen LogP contribution in [-0.2, 0) is 0 Å². The molecule has 0 bridgehead atoms. The molecular formula is C20H21NO3S. The third kappa shape index (κ3) is 4.17. The van der Waals surface area contributed by atoms with Crippen LogP contribution in [0.25, 0.3) is 0 Å². The molecule has 0 atom stereocenters. The van der Waals surface area contributed by atoms with E-state index in [9.17, 15) is 4.79 Å². The predicted octanol–water partition coefficient (Wildman–Crippen LogP) is 4.08. The Morgan fingerprint density at radius 1 is 0.960 bits per heavy atom. The van der Waals surface area contributed by atoms with Crippen molar-refractivity contribution in [3.8, 4) is 11.5 Å². The number of thiocarbonyl (C=S) groups is 1. The van der Waals surface area contributed by atoms with Crippen LogP contribution in [0.5, 0.6) is 11.5 Å². The Balaban J connectivity index is 1.77. The summed E-state index contributed by atoms with van der Waals surface area (Å²) in [6, 6.07) is 14.3. The Labute approximate surface area is 153 Å². The van der Waals surface area contributed by atoms with Gasteiger partial charge in [-0.05, 0) is 49.6 Å². The number of esters is 1. The average Bonchev–Trinajstić information content (AvgIpc) is 2.69. The molecule has 0 aliphatic carbocycles. The fourth-order valence-electron chi connectivity index (χ4n) is 2.90. The molecule has 1 aliphatic heterocycles. The number of carbonyl (C=O) groups is 1. The zero-order chi connectivity index (χ0) is 17.6. The Hall–Kier alpha value is -2.40. The third-order valence-corrected chi connectivity index (χ3v) is 4.76. The molecule has 0 amide bonds. The first-order chi connectivity index (χ1) is 12.2. The van der Waals surface area contributed by atoms with E-state index in [-0.39, 0.29) is 0 Å². The molecule has 0 N–H and O–H groups in total. The van der Waals surface area contributed by atoms with Crippen LogP contribution in [0.4, 0.5) is 0 Å². The van der Waals surface area contributed by atoms with Crippen molar-refractivity contribution in [2.24, 2.45) is 0 Å². The van der Waals surface area contributed by atoms with Gasteiger partial charge in [0.15, 0.2) is 11.5 Å². The molecule has 0 spiro atoms. The van der Waals surface area contributed by atoms with Crippen LogP contribution in [-0.4, -0.2) is 36.1 Å². The molecule has 25 heavy (non-hydrogen) atoms. The molecule has 5 heteroatoms.